The van der Waals surface area contributed by atoms with Gasteiger partial charge < -0.3 is 5.32 Å². The van der Waals surface area contributed by atoms with E-state index in [-0.39, 0.29) is 5.91 Å². The van der Waals surface area contributed by atoms with E-state index in [0.29, 0.717) is 10.8 Å². The Labute approximate surface area is 130 Å². The highest BCUT2D eigenvalue weighted by Crippen LogP contribution is 2.25. The molecule has 0 aliphatic carbocycles. The minimum Gasteiger partial charge on any atom is -0.325 e. The Balaban J connectivity index is 1.76. The molecule has 19 heavy (non-hydrogen) atoms. The van der Waals surface area contributed by atoms with Crippen molar-refractivity contribution >= 4 is 57.9 Å². The van der Waals surface area contributed by atoms with Crippen molar-refractivity contribution in [2.75, 3.05) is 11.1 Å². The smallest absolute Gasteiger partial charge is 0.234 e. The van der Waals surface area contributed by atoms with Gasteiger partial charge in [-0.15, -0.1) is 23.1 Å². The number of carbonyl (C=O) groups excluding carboxylic acids is 1. The van der Waals surface area contributed by atoms with Gasteiger partial charge in [-0.1, -0.05) is 29.3 Å². The van der Waals surface area contributed by atoms with Gasteiger partial charge in [0.25, 0.3) is 0 Å². The van der Waals surface area contributed by atoms with Crippen LogP contribution in [0.2, 0.25) is 9.36 Å². The number of nitrogens with one attached hydrogen (secondary N) is 1. The van der Waals surface area contributed by atoms with Crippen LogP contribution in [-0.4, -0.2) is 11.7 Å². The van der Waals surface area contributed by atoms with Crippen molar-refractivity contribution in [2.45, 2.75) is 5.75 Å². The molecule has 2 rings (SSSR count). The molecule has 2 aromatic rings. The predicted octanol–water partition coefficient (Wildman–Crippen LogP) is 4.93. The highest BCUT2D eigenvalue weighted by Gasteiger charge is 2.04. The first-order valence-corrected chi connectivity index (χ1v) is 8.23. The summed E-state index contributed by atoms with van der Waals surface area (Å²) in [4.78, 5) is 12.9. The lowest BCUT2D eigenvalue weighted by Crippen LogP contribution is -2.13. The topological polar surface area (TPSA) is 29.1 Å². The van der Waals surface area contributed by atoms with E-state index in [1.165, 1.54) is 4.88 Å². The largest absolute Gasteiger partial charge is 0.325 e. The molecule has 6 heteroatoms. The van der Waals surface area contributed by atoms with E-state index in [1.807, 2.05) is 18.2 Å². The average molecular weight is 332 g/mol. The van der Waals surface area contributed by atoms with Gasteiger partial charge in [0.05, 0.1) is 10.1 Å². The highest BCUT2D eigenvalue weighted by atomic mass is 35.5. The van der Waals surface area contributed by atoms with Crippen LogP contribution in [0.15, 0.2) is 36.4 Å². The van der Waals surface area contributed by atoms with Crippen molar-refractivity contribution in [3.63, 3.8) is 0 Å². The summed E-state index contributed by atoms with van der Waals surface area (Å²) in [5.74, 6) is 1.16. The van der Waals surface area contributed by atoms with Crippen LogP contribution in [-0.2, 0) is 10.5 Å². The minimum absolute atomic E-state index is 0.0325. The maximum absolute atomic E-state index is 11.7. The molecule has 0 aliphatic heterocycles. The summed E-state index contributed by atoms with van der Waals surface area (Å²) in [6.07, 6.45) is 0. The molecule has 0 bridgehead atoms. The molecule has 100 valence electrons. The lowest BCUT2D eigenvalue weighted by Gasteiger charge is -2.04. The number of benzene rings is 1. The van der Waals surface area contributed by atoms with Crippen LogP contribution in [0.1, 0.15) is 4.88 Å². The van der Waals surface area contributed by atoms with Gasteiger partial charge in [0.2, 0.25) is 5.91 Å². The van der Waals surface area contributed by atoms with Crippen LogP contribution in [0.4, 0.5) is 5.69 Å². The lowest BCUT2D eigenvalue weighted by atomic mass is 10.3. The Morgan fingerprint density at radius 1 is 1.26 bits per heavy atom. The van der Waals surface area contributed by atoms with Gasteiger partial charge in [-0.3, -0.25) is 4.79 Å². The Bertz CT molecular complexity index is 571. The van der Waals surface area contributed by atoms with Crippen LogP contribution in [0.3, 0.4) is 0 Å². The average Bonchev–Trinajstić information content (AvgIpc) is 2.75. The highest BCUT2D eigenvalue weighted by molar-refractivity contribution is 7.99. The minimum atomic E-state index is -0.0325. The summed E-state index contributed by atoms with van der Waals surface area (Å²) in [6.45, 7) is 0. The summed E-state index contributed by atoms with van der Waals surface area (Å²) in [5.41, 5.74) is 0.720. The first kappa shape index (κ1) is 14.7. The molecule has 1 amide bonds. The van der Waals surface area contributed by atoms with E-state index in [2.05, 4.69) is 5.32 Å². The van der Waals surface area contributed by atoms with E-state index in [9.17, 15) is 4.79 Å². The normalized spacial score (nSPS) is 10.4. The van der Waals surface area contributed by atoms with E-state index >= 15 is 0 Å². The summed E-state index contributed by atoms with van der Waals surface area (Å²) in [7, 11) is 0. The molecule has 0 spiro atoms. The van der Waals surface area contributed by atoms with Crippen molar-refractivity contribution in [3.05, 3.63) is 50.6 Å². The van der Waals surface area contributed by atoms with Crippen molar-refractivity contribution in [1.29, 1.82) is 0 Å². The molecule has 1 aromatic heterocycles. The molecular weight excluding hydrogens is 321 g/mol. The van der Waals surface area contributed by atoms with Crippen LogP contribution in [0.5, 0.6) is 0 Å². The molecular formula is C13H11Cl2NOS2. The van der Waals surface area contributed by atoms with Crippen molar-refractivity contribution < 1.29 is 4.79 Å². The van der Waals surface area contributed by atoms with Gasteiger partial charge in [0, 0.05) is 21.3 Å². The van der Waals surface area contributed by atoms with Crippen molar-refractivity contribution in [2.24, 2.45) is 0 Å². The van der Waals surface area contributed by atoms with E-state index < -0.39 is 0 Å². The number of amides is 1. The second-order valence-corrected chi connectivity index (χ2v) is 6.98. The molecule has 2 nitrogen and oxygen atoms in total. The Morgan fingerprint density at radius 3 is 2.79 bits per heavy atom. The van der Waals surface area contributed by atoms with Crippen LogP contribution < -0.4 is 5.32 Å². The standard InChI is InChI=1S/C13H11Cl2NOS2/c14-9-2-1-3-10(6-9)16-13(17)8-18-7-11-4-5-12(15)19-11/h1-6H,7-8H2,(H,16,17). The zero-order valence-corrected chi connectivity index (χ0v) is 13.0. The third-order valence-corrected chi connectivity index (χ3v) is 4.85. The Morgan fingerprint density at radius 2 is 2.11 bits per heavy atom. The zero-order valence-electron chi connectivity index (χ0n) is 9.86. The lowest BCUT2D eigenvalue weighted by molar-refractivity contribution is -0.113. The van der Waals surface area contributed by atoms with Gasteiger partial charge in [-0.05, 0) is 30.3 Å². The quantitative estimate of drug-likeness (QED) is 0.841. The molecule has 1 aromatic carbocycles. The van der Waals surface area contributed by atoms with Crippen LogP contribution in [0.25, 0.3) is 0 Å². The number of anilines is 1. The van der Waals surface area contributed by atoms with E-state index in [1.54, 1.807) is 41.3 Å². The van der Waals surface area contributed by atoms with Gasteiger partial charge in [0.1, 0.15) is 0 Å². The monoisotopic (exact) mass is 331 g/mol. The summed E-state index contributed by atoms with van der Waals surface area (Å²) >= 11 is 14.8. The van der Waals surface area contributed by atoms with Crippen LogP contribution >= 0.6 is 46.3 Å². The Kier molecular flexibility index (Phi) is 5.58. The number of hydrogen-bond donors (Lipinski definition) is 1. The third-order valence-electron chi connectivity index (χ3n) is 2.21. The maximum atomic E-state index is 11.7. The van der Waals surface area contributed by atoms with Gasteiger partial charge in [-0.2, -0.15) is 0 Å². The fraction of sp³-hybridized carbons (Fsp3) is 0.154. The van der Waals surface area contributed by atoms with Crippen LogP contribution in [0, 0.1) is 0 Å². The SMILES string of the molecule is O=C(CSCc1ccc(Cl)s1)Nc1cccc(Cl)c1. The number of rotatable bonds is 5. The fourth-order valence-electron chi connectivity index (χ4n) is 1.44. The number of hydrogen-bond acceptors (Lipinski definition) is 3. The predicted molar refractivity (Wildman–Crippen MR) is 85.6 cm³/mol. The fourth-order valence-corrected chi connectivity index (χ4v) is 3.65. The van der Waals surface area contributed by atoms with E-state index in [4.69, 9.17) is 23.2 Å². The number of thiophene rings is 1. The first-order valence-electron chi connectivity index (χ1n) is 5.51. The number of thioether (sulfide) groups is 1. The molecule has 0 radical (unpaired) electrons. The summed E-state index contributed by atoms with van der Waals surface area (Å²) in [5, 5.41) is 3.42. The molecule has 1 N–H and O–H groups in total. The molecule has 0 saturated carbocycles. The maximum Gasteiger partial charge on any atom is 0.234 e. The second kappa shape index (κ2) is 7.20. The number of carbonyl (C=O) groups is 1. The molecule has 0 unspecified atom stereocenters. The summed E-state index contributed by atoms with van der Waals surface area (Å²) in [6, 6.07) is 11.0. The first-order chi connectivity index (χ1) is 9.13. The molecule has 1 heterocycles. The number of halogens is 2. The van der Waals surface area contributed by atoms with Crippen molar-refractivity contribution in [3.8, 4) is 0 Å². The van der Waals surface area contributed by atoms with Crippen molar-refractivity contribution in [1.82, 2.24) is 0 Å². The second-order valence-electron chi connectivity index (χ2n) is 3.76. The van der Waals surface area contributed by atoms with Gasteiger partial charge in [0.15, 0.2) is 0 Å². The third kappa shape index (κ3) is 5.07. The van der Waals surface area contributed by atoms with E-state index in [0.717, 1.165) is 15.8 Å². The molecule has 0 fully saturated rings. The molecule has 0 atom stereocenters. The Hall–Kier alpha value is -0.680. The summed E-state index contributed by atoms with van der Waals surface area (Å²) < 4.78 is 0.777. The van der Waals surface area contributed by atoms with Gasteiger partial charge >= 0.3 is 0 Å². The van der Waals surface area contributed by atoms with Gasteiger partial charge in [-0.25, -0.2) is 0 Å². The molecule has 0 aliphatic rings. The zero-order chi connectivity index (χ0) is 13.7. The molecule has 0 saturated heterocycles.